The van der Waals surface area contributed by atoms with Crippen molar-refractivity contribution in [2.75, 3.05) is 5.32 Å². The highest BCUT2D eigenvalue weighted by molar-refractivity contribution is 14.1. The molecule has 1 atom stereocenters. The normalized spacial score (nSPS) is 23.4. The van der Waals surface area contributed by atoms with Crippen LogP contribution >= 0.6 is 22.6 Å². The van der Waals surface area contributed by atoms with Gasteiger partial charge in [-0.3, -0.25) is 0 Å². The number of hydrogen-bond donors (Lipinski definition) is 1. The molecule has 1 aromatic carbocycles. The Morgan fingerprint density at radius 3 is 2.71 bits per heavy atom. The first kappa shape index (κ1) is 13.2. The first-order valence-corrected chi connectivity index (χ1v) is 7.59. The molecule has 94 valence electrons. The van der Waals surface area contributed by atoms with E-state index in [1.54, 1.807) is 0 Å². The van der Waals surface area contributed by atoms with Crippen molar-refractivity contribution >= 4 is 28.3 Å². The zero-order chi connectivity index (χ0) is 12.5. The molecule has 2 rings (SSSR count). The lowest BCUT2D eigenvalue weighted by atomic mass is 9.73. The van der Waals surface area contributed by atoms with Gasteiger partial charge in [0.15, 0.2) is 0 Å². The summed E-state index contributed by atoms with van der Waals surface area (Å²) in [5.74, 6) is 0. The molecule has 1 nitrogen and oxygen atoms in total. The Morgan fingerprint density at radius 1 is 1.29 bits per heavy atom. The van der Waals surface area contributed by atoms with Crippen LogP contribution in [0.3, 0.4) is 0 Å². The molecule has 1 saturated carbocycles. The molecule has 0 aliphatic heterocycles. The van der Waals surface area contributed by atoms with E-state index in [4.69, 9.17) is 0 Å². The smallest absolute Gasteiger partial charge is 0.0353 e. The van der Waals surface area contributed by atoms with Crippen LogP contribution < -0.4 is 5.32 Å². The summed E-state index contributed by atoms with van der Waals surface area (Å²) in [5, 5.41) is 3.73. The minimum absolute atomic E-state index is 0.425. The summed E-state index contributed by atoms with van der Waals surface area (Å²) >= 11 is 2.41. The fourth-order valence-electron chi connectivity index (χ4n) is 2.65. The Bertz CT molecular complexity index is 398. The summed E-state index contributed by atoms with van der Waals surface area (Å²) in [5.41, 5.74) is 3.06. The Morgan fingerprint density at radius 2 is 2.06 bits per heavy atom. The van der Waals surface area contributed by atoms with Gasteiger partial charge in [-0.2, -0.15) is 0 Å². The second-order valence-corrected chi connectivity index (χ2v) is 7.06. The van der Waals surface area contributed by atoms with E-state index >= 15 is 0 Å². The molecule has 1 aromatic rings. The van der Waals surface area contributed by atoms with E-state index in [9.17, 15) is 0 Å². The topological polar surface area (TPSA) is 12.0 Å². The maximum Gasteiger partial charge on any atom is 0.0353 e. The first-order valence-electron chi connectivity index (χ1n) is 6.52. The number of halogens is 1. The van der Waals surface area contributed by atoms with Crippen LogP contribution in [-0.4, -0.2) is 6.04 Å². The van der Waals surface area contributed by atoms with E-state index in [1.165, 1.54) is 40.5 Å². The third-order valence-electron chi connectivity index (χ3n) is 4.02. The summed E-state index contributed by atoms with van der Waals surface area (Å²) in [6, 6.07) is 7.30. The van der Waals surface area contributed by atoms with E-state index < -0.39 is 0 Å². The van der Waals surface area contributed by atoms with Gasteiger partial charge in [0.2, 0.25) is 0 Å². The molecule has 0 saturated heterocycles. The average molecular weight is 343 g/mol. The summed E-state index contributed by atoms with van der Waals surface area (Å²) in [7, 11) is 0. The third kappa shape index (κ3) is 3.15. The van der Waals surface area contributed by atoms with Crippen LogP contribution in [0.5, 0.6) is 0 Å². The van der Waals surface area contributed by atoms with Crippen LogP contribution in [0.2, 0.25) is 0 Å². The van der Waals surface area contributed by atoms with E-state index in [0.29, 0.717) is 11.5 Å². The summed E-state index contributed by atoms with van der Waals surface area (Å²) in [6.07, 6.45) is 5.39. The maximum atomic E-state index is 3.73. The molecule has 0 heterocycles. The minimum Gasteiger partial charge on any atom is -0.382 e. The molecule has 1 N–H and O–H groups in total. The van der Waals surface area contributed by atoms with Crippen LogP contribution in [0, 0.1) is 15.9 Å². The molecule has 0 radical (unpaired) electrons. The Labute approximate surface area is 119 Å². The molecular weight excluding hydrogens is 321 g/mol. The van der Waals surface area contributed by atoms with Gasteiger partial charge in [0, 0.05) is 15.3 Å². The van der Waals surface area contributed by atoms with E-state index in [1.807, 2.05) is 0 Å². The fraction of sp³-hybridized carbons (Fsp3) is 0.600. The number of hydrogen-bond acceptors (Lipinski definition) is 1. The Balaban J connectivity index is 2.11. The van der Waals surface area contributed by atoms with Crippen molar-refractivity contribution in [1.82, 2.24) is 0 Å². The third-order valence-corrected chi connectivity index (χ3v) is 5.18. The van der Waals surface area contributed by atoms with Gasteiger partial charge in [0.05, 0.1) is 0 Å². The highest BCUT2D eigenvalue weighted by Gasteiger charge is 2.31. The Hall–Kier alpha value is -0.250. The SMILES string of the molecule is Cc1ccc(NC2CCCCC2(C)C)cc1I. The monoisotopic (exact) mass is 343 g/mol. The summed E-state index contributed by atoms with van der Waals surface area (Å²) in [4.78, 5) is 0. The average Bonchev–Trinajstić information content (AvgIpc) is 2.26. The minimum atomic E-state index is 0.425. The molecule has 0 aromatic heterocycles. The van der Waals surface area contributed by atoms with E-state index in [-0.39, 0.29) is 0 Å². The standard InChI is InChI=1S/C15H22IN/c1-11-7-8-12(10-13(11)16)17-14-6-4-5-9-15(14,2)3/h7-8,10,14,17H,4-6,9H2,1-3H3. The van der Waals surface area contributed by atoms with Crippen molar-refractivity contribution in [2.45, 2.75) is 52.5 Å². The largest absolute Gasteiger partial charge is 0.382 e. The molecule has 0 bridgehead atoms. The molecule has 1 aliphatic carbocycles. The zero-order valence-corrected chi connectivity index (χ0v) is 13.2. The van der Waals surface area contributed by atoms with Crippen molar-refractivity contribution in [1.29, 1.82) is 0 Å². The lowest BCUT2D eigenvalue weighted by molar-refractivity contribution is 0.217. The van der Waals surface area contributed by atoms with E-state index in [0.717, 1.165) is 0 Å². The number of anilines is 1. The number of nitrogens with one attached hydrogen (secondary N) is 1. The van der Waals surface area contributed by atoms with Crippen molar-refractivity contribution in [3.8, 4) is 0 Å². The van der Waals surface area contributed by atoms with Gasteiger partial charge < -0.3 is 5.32 Å². The molecule has 1 unspecified atom stereocenters. The quantitative estimate of drug-likeness (QED) is 0.747. The second kappa shape index (κ2) is 5.17. The van der Waals surface area contributed by atoms with Gasteiger partial charge in [0.25, 0.3) is 0 Å². The van der Waals surface area contributed by atoms with Crippen LogP contribution in [0.15, 0.2) is 18.2 Å². The molecule has 2 heteroatoms. The maximum absolute atomic E-state index is 3.73. The number of rotatable bonds is 2. The lowest BCUT2D eigenvalue weighted by Gasteiger charge is -2.39. The predicted octanol–water partition coefficient (Wildman–Crippen LogP) is 4.98. The van der Waals surface area contributed by atoms with Crippen LogP contribution in [0.4, 0.5) is 5.69 Å². The molecular formula is C15H22IN. The van der Waals surface area contributed by atoms with Crippen molar-refractivity contribution in [3.63, 3.8) is 0 Å². The van der Waals surface area contributed by atoms with Crippen molar-refractivity contribution < 1.29 is 0 Å². The first-order chi connectivity index (χ1) is 7.99. The van der Waals surface area contributed by atoms with Crippen LogP contribution in [-0.2, 0) is 0 Å². The van der Waals surface area contributed by atoms with Crippen molar-refractivity contribution in [3.05, 3.63) is 27.3 Å². The van der Waals surface area contributed by atoms with Gasteiger partial charge in [-0.15, -0.1) is 0 Å². The fourth-order valence-corrected chi connectivity index (χ4v) is 3.16. The van der Waals surface area contributed by atoms with Gasteiger partial charge in [0.1, 0.15) is 0 Å². The lowest BCUT2D eigenvalue weighted by Crippen LogP contribution is -2.38. The van der Waals surface area contributed by atoms with Crippen LogP contribution in [0.1, 0.15) is 45.1 Å². The van der Waals surface area contributed by atoms with Gasteiger partial charge in [-0.05, 0) is 65.5 Å². The number of benzene rings is 1. The van der Waals surface area contributed by atoms with Gasteiger partial charge in [-0.25, -0.2) is 0 Å². The van der Waals surface area contributed by atoms with E-state index in [2.05, 4.69) is 66.9 Å². The van der Waals surface area contributed by atoms with Crippen molar-refractivity contribution in [2.24, 2.45) is 5.41 Å². The second-order valence-electron chi connectivity index (χ2n) is 5.90. The molecule has 0 spiro atoms. The van der Waals surface area contributed by atoms with Gasteiger partial charge >= 0.3 is 0 Å². The Kier molecular flexibility index (Phi) is 4.01. The molecule has 0 amide bonds. The van der Waals surface area contributed by atoms with Gasteiger partial charge in [-0.1, -0.05) is 32.8 Å². The highest BCUT2D eigenvalue weighted by atomic mass is 127. The molecule has 1 aliphatic rings. The summed E-state index contributed by atoms with van der Waals surface area (Å²) in [6.45, 7) is 6.95. The summed E-state index contributed by atoms with van der Waals surface area (Å²) < 4.78 is 1.35. The predicted molar refractivity (Wildman–Crippen MR) is 83.6 cm³/mol. The highest BCUT2D eigenvalue weighted by Crippen LogP contribution is 2.37. The molecule has 1 fully saturated rings. The van der Waals surface area contributed by atoms with Crippen LogP contribution in [0.25, 0.3) is 0 Å². The zero-order valence-electron chi connectivity index (χ0n) is 11.0. The molecule has 17 heavy (non-hydrogen) atoms. The number of aryl methyl sites for hydroxylation is 1.